The second-order valence-corrected chi connectivity index (χ2v) is 7.41. The molecule has 1 aliphatic heterocycles. The Balaban J connectivity index is 2.06. The molecule has 2 aromatic rings. The average molecular weight is 366 g/mol. The SMILES string of the molecule is CCCCN1C(=O)C[n+]2ccccc2[C@@]1(C)C(=O)Nc1c(C)cccc1C. The number of amides is 2. The summed E-state index contributed by atoms with van der Waals surface area (Å²) < 4.78 is 1.88. The van der Waals surface area contributed by atoms with Crippen molar-refractivity contribution in [2.75, 3.05) is 11.9 Å². The predicted octanol–water partition coefficient (Wildman–Crippen LogP) is 3.09. The molecule has 1 N–H and O–H groups in total. The fourth-order valence-electron chi connectivity index (χ4n) is 3.83. The Morgan fingerprint density at radius 2 is 1.89 bits per heavy atom. The van der Waals surface area contributed by atoms with E-state index in [2.05, 4.69) is 12.2 Å². The van der Waals surface area contributed by atoms with Gasteiger partial charge >= 0.3 is 0 Å². The summed E-state index contributed by atoms with van der Waals surface area (Å²) in [5.41, 5.74) is 2.62. The van der Waals surface area contributed by atoms with Crippen LogP contribution in [0.5, 0.6) is 0 Å². The van der Waals surface area contributed by atoms with Crippen LogP contribution in [0.15, 0.2) is 42.6 Å². The van der Waals surface area contributed by atoms with E-state index in [1.165, 1.54) is 0 Å². The van der Waals surface area contributed by atoms with Crippen molar-refractivity contribution in [1.29, 1.82) is 0 Å². The Bertz CT molecular complexity index is 857. The van der Waals surface area contributed by atoms with Crippen LogP contribution in [-0.4, -0.2) is 23.3 Å². The number of para-hydroxylation sites is 1. The zero-order valence-electron chi connectivity index (χ0n) is 16.6. The van der Waals surface area contributed by atoms with E-state index in [1.807, 2.05) is 67.9 Å². The summed E-state index contributed by atoms with van der Waals surface area (Å²) in [6, 6.07) is 11.7. The maximum absolute atomic E-state index is 13.6. The molecule has 1 aromatic carbocycles. The minimum atomic E-state index is -1.06. The number of carbonyl (C=O) groups is 2. The molecular weight excluding hydrogens is 338 g/mol. The number of pyridine rings is 1. The lowest BCUT2D eigenvalue weighted by molar-refractivity contribution is -0.701. The Morgan fingerprint density at radius 3 is 2.56 bits per heavy atom. The molecule has 3 rings (SSSR count). The second-order valence-electron chi connectivity index (χ2n) is 7.41. The number of hydrogen-bond donors (Lipinski definition) is 1. The standard InChI is InChI=1S/C22H27N3O2/c1-5-6-14-25-19(26)15-24-13-8-7-12-18(24)22(25,4)21(27)23-20-16(2)10-9-11-17(20)3/h7-13H,5-6,14-15H2,1-4H3/p+1/t22-/m0/s1. The molecule has 0 saturated heterocycles. The lowest BCUT2D eigenvalue weighted by atomic mass is 9.89. The third-order valence-electron chi connectivity index (χ3n) is 5.48. The van der Waals surface area contributed by atoms with Gasteiger partial charge in [-0.2, -0.15) is 4.57 Å². The first-order valence-corrected chi connectivity index (χ1v) is 9.56. The van der Waals surface area contributed by atoms with Crippen LogP contribution in [0, 0.1) is 13.8 Å². The first-order chi connectivity index (χ1) is 12.9. The molecule has 5 nitrogen and oxygen atoms in total. The number of fused-ring (bicyclic) bond motifs is 1. The van der Waals surface area contributed by atoms with Crippen molar-refractivity contribution in [1.82, 2.24) is 4.90 Å². The van der Waals surface area contributed by atoms with E-state index >= 15 is 0 Å². The van der Waals surface area contributed by atoms with Gasteiger partial charge in [0.05, 0.1) is 0 Å². The Morgan fingerprint density at radius 1 is 1.19 bits per heavy atom. The van der Waals surface area contributed by atoms with E-state index in [4.69, 9.17) is 0 Å². The third-order valence-corrected chi connectivity index (χ3v) is 5.48. The minimum absolute atomic E-state index is 0.0219. The summed E-state index contributed by atoms with van der Waals surface area (Å²) in [6.45, 7) is 8.75. The fraction of sp³-hybridized carbons (Fsp3) is 0.409. The highest BCUT2D eigenvalue weighted by molar-refractivity contribution is 6.01. The number of unbranched alkanes of at least 4 members (excludes halogenated alkanes) is 1. The molecule has 0 aliphatic carbocycles. The Hall–Kier alpha value is -2.69. The number of nitrogens with zero attached hydrogens (tertiary/aromatic N) is 2. The summed E-state index contributed by atoms with van der Waals surface area (Å²) in [6.07, 6.45) is 3.70. The number of rotatable bonds is 5. The molecule has 1 aromatic heterocycles. The highest BCUT2D eigenvalue weighted by Gasteiger charge is 2.53. The zero-order chi connectivity index (χ0) is 19.6. The van der Waals surface area contributed by atoms with Crippen molar-refractivity contribution in [3.05, 3.63) is 59.4 Å². The molecule has 0 bridgehead atoms. The lowest BCUT2D eigenvalue weighted by Crippen LogP contribution is -2.67. The van der Waals surface area contributed by atoms with Crippen LogP contribution in [0.3, 0.4) is 0 Å². The number of aryl methyl sites for hydroxylation is 2. The van der Waals surface area contributed by atoms with Gasteiger partial charge < -0.3 is 10.2 Å². The quantitative estimate of drug-likeness (QED) is 0.827. The van der Waals surface area contributed by atoms with Crippen LogP contribution in [0.1, 0.15) is 43.5 Å². The average Bonchev–Trinajstić information content (AvgIpc) is 2.64. The van der Waals surface area contributed by atoms with Crippen LogP contribution in [0.25, 0.3) is 0 Å². The first-order valence-electron chi connectivity index (χ1n) is 9.56. The van der Waals surface area contributed by atoms with Crippen molar-refractivity contribution in [2.45, 2.75) is 52.6 Å². The van der Waals surface area contributed by atoms with Gasteiger partial charge in [0, 0.05) is 24.4 Å². The van der Waals surface area contributed by atoms with E-state index in [0.29, 0.717) is 6.54 Å². The maximum atomic E-state index is 13.6. The molecular formula is C22H28N3O2+. The van der Waals surface area contributed by atoms with Crippen LogP contribution in [-0.2, 0) is 21.7 Å². The second kappa shape index (κ2) is 7.51. The number of aromatic nitrogens is 1. The summed E-state index contributed by atoms with van der Waals surface area (Å²) in [7, 11) is 0. The Labute approximate surface area is 161 Å². The largest absolute Gasteiger partial charge is 0.323 e. The summed E-state index contributed by atoms with van der Waals surface area (Å²) in [5.74, 6) is -0.199. The van der Waals surface area contributed by atoms with Crippen molar-refractivity contribution in [3.8, 4) is 0 Å². The van der Waals surface area contributed by atoms with Crippen molar-refractivity contribution in [3.63, 3.8) is 0 Å². The predicted molar refractivity (Wildman–Crippen MR) is 105 cm³/mol. The van der Waals surface area contributed by atoms with Crippen molar-refractivity contribution in [2.24, 2.45) is 0 Å². The highest BCUT2D eigenvalue weighted by atomic mass is 16.2. The van der Waals surface area contributed by atoms with E-state index in [1.54, 1.807) is 4.90 Å². The van der Waals surface area contributed by atoms with Gasteiger partial charge in [0.1, 0.15) is 0 Å². The van der Waals surface area contributed by atoms with Gasteiger partial charge in [0.15, 0.2) is 6.20 Å². The molecule has 2 heterocycles. The zero-order valence-corrected chi connectivity index (χ0v) is 16.6. The fourth-order valence-corrected chi connectivity index (χ4v) is 3.83. The van der Waals surface area contributed by atoms with E-state index < -0.39 is 5.54 Å². The van der Waals surface area contributed by atoms with Crippen molar-refractivity contribution < 1.29 is 14.2 Å². The molecule has 1 aliphatic rings. The summed E-state index contributed by atoms with van der Waals surface area (Å²) in [5, 5.41) is 3.11. The number of nitrogens with one attached hydrogen (secondary N) is 1. The van der Waals surface area contributed by atoms with Gasteiger partial charge in [-0.15, -0.1) is 0 Å². The van der Waals surface area contributed by atoms with Gasteiger partial charge in [0.2, 0.25) is 17.8 Å². The number of hydrogen-bond acceptors (Lipinski definition) is 2. The van der Waals surface area contributed by atoms with Gasteiger partial charge in [-0.3, -0.25) is 9.59 Å². The molecule has 0 saturated carbocycles. The number of carbonyl (C=O) groups excluding carboxylic acids is 2. The maximum Gasteiger partial charge on any atom is 0.289 e. The monoisotopic (exact) mass is 366 g/mol. The molecule has 27 heavy (non-hydrogen) atoms. The van der Waals surface area contributed by atoms with Gasteiger partial charge in [-0.05, 0) is 38.3 Å². The molecule has 2 amide bonds. The molecule has 0 radical (unpaired) electrons. The molecule has 5 heteroatoms. The van der Waals surface area contributed by atoms with Crippen LogP contribution < -0.4 is 9.88 Å². The normalized spacial score (nSPS) is 19.0. The van der Waals surface area contributed by atoms with Crippen LogP contribution >= 0.6 is 0 Å². The van der Waals surface area contributed by atoms with E-state index in [-0.39, 0.29) is 18.4 Å². The van der Waals surface area contributed by atoms with Crippen LogP contribution in [0.4, 0.5) is 5.69 Å². The topological polar surface area (TPSA) is 53.3 Å². The van der Waals surface area contributed by atoms with E-state index in [0.717, 1.165) is 35.3 Å². The number of anilines is 1. The summed E-state index contributed by atoms with van der Waals surface area (Å²) >= 11 is 0. The minimum Gasteiger partial charge on any atom is -0.323 e. The molecule has 1 atom stereocenters. The highest BCUT2D eigenvalue weighted by Crippen LogP contribution is 2.32. The van der Waals surface area contributed by atoms with Gasteiger partial charge in [-0.1, -0.05) is 37.6 Å². The van der Waals surface area contributed by atoms with Gasteiger partial charge in [0.25, 0.3) is 11.8 Å². The first kappa shape index (κ1) is 19.1. The number of benzene rings is 1. The molecule has 0 unspecified atom stereocenters. The Kier molecular flexibility index (Phi) is 5.31. The third kappa shape index (κ3) is 3.34. The lowest BCUT2D eigenvalue weighted by Gasteiger charge is -2.40. The van der Waals surface area contributed by atoms with Crippen LogP contribution in [0.2, 0.25) is 0 Å². The van der Waals surface area contributed by atoms with Gasteiger partial charge in [-0.25, -0.2) is 0 Å². The van der Waals surface area contributed by atoms with Crippen molar-refractivity contribution >= 4 is 17.5 Å². The molecule has 0 spiro atoms. The molecule has 0 fully saturated rings. The summed E-state index contributed by atoms with van der Waals surface area (Å²) in [4.78, 5) is 28.2. The molecule has 142 valence electrons. The van der Waals surface area contributed by atoms with E-state index in [9.17, 15) is 9.59 Å². The smallest absolute Gasteiger partial charge is 0.289 e.